The van der Waals surface area contributed by atoms with Gasteiger partial charge in [0, 0.05) is 25.9 Å². The summed E-state index contributed by atoms with van der Waals surface area (Å²) in [6.07, 6.45) is 1.27. The van der Waals surface area contributed by atoms with E-state index >= 15 is 0 Å². The van der Waals surface area contributed by atoms with Crippen molar-refractivity contribution < 1.29 is 29.6 Å². The van der Waals surface area contributed by atoms with Crippen LogP contribution in [0, 0.1) is 11.3 Å². The molecule has 0 heterocycles. The molecule has 0 amide bonds. The molecule has 1 fully saturated rings. The lowest BCUT2D eigenvalue weighted by Crippen LogP contribution is -2.48. The Balaban J connectivity index is 2.73. The summed E-state index contributed by atoms with van der Waals surface area (Å²) >= 11 is 0. The van der Waals surface area contributed by atoms with E-state index < -0.39 is 30.2 Å². The summed E-state index contributed by atoms with van der Waals surface area (Å²) in [4.78, 5) is 24.6. The summed E-state index contributed by atoms with van der Waals surface area (Å²) in [5.41, 5.74) is -0.192. The third-order valence-corrected chi connectivity index (χ3v) is 4.75. The third kappa shape index (κ3) is 7.27. The van der Waals surface area contributed by atoms with E-state index in [4.69, 9.17) is 4.74 Å². The van der Waals surface area contributed by atoms with Crippen LogP contribution in [0.1, 0.15) is 59.3 Å². The highest BCUT2D eigenvalue weighted by atomic mass is 16.5. The topological polar surface area (TPSA) is 104 Å². The number of methoxy groups -OCH3 is 1. The van der Waals surface area contributed by atoms with Crippen LogP contribution in [0.25, 0.3) is 0 Å². The Morgan fingerprint density at radius 1 is 1.19 bits per heavy atom. The van der Waals surface area contributed by atoms with Crippen molar-refractivity contribution in [3.8, 4) is 0 Å². The average molecular weight is 370 g/mol. The molecule has 6 nitrogen and oxygen atoms in total. The Labute approximate surface area is 156 Å². The van der Waals surface area contributed by atoms with Crippen LogP contribution in [0.4, 0.5) is 0 Å². The lowest BCUT2D eigenvalue weighted by molar-refractivity contribution is -0.149. The second kappa shape index (κ2) is 10.3. The molecule has 0 aliphatic heterocycles. The SMILES string of the molecule is CO[C@@H](C(=O)C[C@H]1CCCCCC1=O)[C@H](O)[C@@H](O)[C@H](O)/C=C/C(C)(C)C. The van der Waals surface area contributed by atoms with Gasteiger partial charge in [-0.15, -0.1) is 0 Å². The van der Waals surface area contributed by atoms with Crippen molar-refractivity contribution in [2.75, 3.05) is 7.11 Å². The van der Waals surface area contributed by atoms with E-state index in [9.17, 15) is 24.9 Å². The van der Waals surface area contributed by atoms with Crippen LogP contribution in [-0.4, -0.2) is 58.4 Å². The van der Waals surface area contributed by atoms with Gasteiger partial charge in [0.2, 0.25) is 0 Å². The van der Waals surface area contributed by atoms with Crippen molar-refractivity contribution in [3.63, 3.8) is 0 Å². The normalized spacial score (nSPS) is 24.1. The van der Waals surface area contributed by atoms with Crippen LogP contribution >= 0.6 is 0 Å². The van der Waals surface area contributed by atoms with E-state index in [2.05, 4.69) is 0 Å². The minimum absolute atomic E-state index is 0.00492. The van der Waals surface area contributed by atoms with Gasteiger partial charge in [-0.25, -0.2) is 0 Å². The van der Waals surface area contributed by atoms with Crippen LogP contribution in [0.2, 0.25) is 0 Å². The smallest absolute Gasteiger partial charge is 0.165 e. The fourth-order valence-corrected chi connectivity index (χ4v) is 3.15. The Hall–Kier alpha value is -1.08. The molecular formula is C20H34O6. The monoisotopic (exact) mass is 370 g/mol. The molecule has 0 aromatic rings. The number of Topliss-reactive ketones (excluding diaryl/α,β-unsaturated/α-hetero) is 2. The summed E-state index contributed by atoms with van der Waals surface area (Å²) in [7, 11) is 1.27. The van der Waals surface area contributed by atoms with Crippen LogP contribution in [0.3, 0.4) is 0 Å². The highest BCUT2D eigenvalue weighted by Crippen LogP contribution is 2.25. The molecular weight excluding hydrogens is 336 g/mol. The van der Waals surface area contributed by atoms with E-state index in [1.54, 1.807) is 6.08 Å². The molecule has 1 rings (SSSR count). The molecule has 0 bridgehead atoms. The van der Waals surface area contributed by atoms with Gasteiger partial charge in [-0.3, -0.25) is 9.59 Å². The molecule has 26 heavy (non-hydrogen) atoms. The molecule has 6 heteroatoms. The average Bonchev–Trinajstić information content (AvgIpc) is 2.76. The Morgan fingerprint density at radius 3 is 2.42 bits per heavy atom. The fourth-order valence-electron chi connectivity index (χ4n) is 3.15. The maximum atomic E-state index is 12.5. The van der Waals surface area contributed by atoms with Gasteiger partial charge in [0.1, 0.15) is 30.2 Å². The molecule has 0 aromatic carbocycles. The first-order valence-corrected chi connectivity index (χ1v) is 9.38. The van der Waals surface area contributed by atoms with Crippen LogP contribution in [0.5, 0.6) is 0 Å². The maximum Gasteiger partial charge on any atom is 0.165 e. The molecule has 0 saturated heterocycles. The predicted molar refractivity (Wildman–Crippen MR) is 98.6 cm³/mol. The molecule has 0 spiro atoms. The quantitative estimate of drug-likeness (QED) is 0.445. The molecule has 0 radical (unpaired) electrons. The number of hydrogen-bond donors (Lipinski definition) is 3. The number of allylic oxidation sites excluding steroid dienone is 1. The van der Waals surface area contributed by atoms with Crippen molar-refractivity contribution >= 4 is 11.6 Å². The van der Waals surface area contributed by atoms with Gasteiger partial charge in [0.05, 0.1) is 0 Å². The highest BCUT2D eigenvalue weighted by Gasteiger charge is 2.36. The number of hydrogen-bond acceptors (Lipinski definition) is 6. The largest absolute Gasteiger partial charge is 0.387 e. The second-order valence-electron chi connectivity index (χ2n) is 8.29. The first-order chi connectivity index (χ1) is 12.1. The number of aliphatic hydroxyl groups excluding tert-OH is 3. The van der Waals surface area contributed by atoms with Crippen molar-refractivity contribution in [1.29, 1.82) is 0 Å². The summed E-state index contributed by atoms with van der Waals surface area (Å²) in [6.45, 7) is 5.80. The van der Waals surface area contributed by atoms with Crippen molar-refractivity contribution in [3.05, 3.63) is 12.2 Å². The van der Waals surface area contributed by atoms with E-state index in [1.165, 1.54) is 13.2 Å². The lowest BCUT2D eigenvalue weighted by atomic mass is 9.88. The first-order valence-electron chi connectivity index (χ1n) is 9.38. The minimum Gasteiger partial charge on any atom is -0.387 e. The van der Waals surface area contributed by atoms with Gasteiger partial charge in [0.25, 0.3) is 0 Å². The molecule has 0 aromatic heterocycles. The number of ketones is 2. The van der Waals surface area contributed by atoms with Crippen LogP contribution < -0.4 is 0 Å². The number of carbonyl (C=O) groups excluding carboxylic acids is 2. The minimum atomic E-state index is -1.58. The Bertz CT molecular complexity index is 493. The zero-order valence-electron chi connectivity index (χ0n) is 16.4. The summed E-state index contributed by atoms with van der Waals surface area (Å²) in [5, 5.41) is 30.6. The standard InChI is InChI=1S/C20H34O6/c1-20(2,3)11-10-15(22)17(24)18(25)19(26-4)16(23)12-13-8-6-5-7-9-14(13)21/h10-11,13,15,17-19,22,24-25H,5-9,12H2,1-4H3/b11-10+/t13-,15-,17+,18-,19+/m1/s1. The summed E-state index contributed by atoms with van der Waals surface area (Å²) < 4.78 is 5.09. The third-order valence-electron chi connectivity index (χ3n) is 4.75. The number of rotatable bonds is 8. The maximum absolute atomic E-state index is 12.5. The molecule has 5 atom stereocenters. The number of aliphatic hydroxyl groups is 3. The number of ether oxygens (including phenoxy) is 1. The first kappa shape index (κ1) is 23.0. The zero-order chi connectivity index (χ0) is 19.9. The Kier molecular flexibility index (Phi) is 9.10. The molecule has 1 aliphatic rings. The van der Waals surface area contributed by atoms with Crippen molar-refractivity contribution in [1.82, 2.24) is 0 Å². The molecule has 1 aliphatic carbocycles. The zero-order valence-corrected chi connectivity index (χ0v) is 16.4. The van der Waals surface area contributed by atoms with Gasteiger partial charge < -0.3 is 20.1 Å². The predicted octanol–water partition coefficient (Wildman–Crippen LogP) is 1.79. The molecule has 0 unspecified atom stereocenters. The van der Waals surface area contributed by atoms with E-state index in [0.29, 0.717) is 12.8 Å². The molecule has 3 N–H and O–H groups in total. The van der Waals surface area contributed by atoms with Crippen molar-refractivity contribution in [2.24, 2.45) is 11.3 Å². The Morgan fingerprint density at radius 2 is 1.85 bits per heavy atom. The van der Waals surface area contributed by atoms with Gasteiger partial charge in [-0.05, 0) is 18.3 Å². The summed E-state index contributed by atoms with van der Waals surface area (Å²) in [5.74, 6) is -0.696. The van der Waals surface area contributed by atoms with Crippen LogP contribution in [-0.2, 0) is 14.3 Å². The molecule has 1 saturated carbocycles. The highest BCUT2D eigenvalue weighted by molar-refractivity contribution is 5.90. The van der Waals surface area contributed by atoms with Crippen molar-refractivity contribution in [2.45, 2.75) is 83.7 Å². The lowest BCUT2D eigenvalue weighted by Gasteiger charge is -2.28. The molecule has 150 valence electrons. The summed E-state index contributed by atoms with van der Waals surface area (Å²) in [6, 6.07) is 0. The van der Waals surface area contributed by atoms with Gasteiger partial charge in [0.15, 0.2) is 5.78 Å². The van der Waals surface area contributed by atoms with Gasteiger partial charge >= 0.3 is 0 Å². The number of carbonyl (C=O) groups is 2. The van der Waals surface area contributed by atoms with Gasteiger partial charge in [-0.2, -0.15) is 0 Å². The van der Waals surface area contributed by atoms with E-state index in [0.717, 1.165) is 19.3 Å². The van der Waals surface area contributed by atoms with Gasteiger partial charge in [-0.1, -0.05) is 45.8 Å². The van der Waals surface area contributed by atoms with Crippen LogP contribution in [0.15, 0.2) is 12.2 Å². The fraction of sp³-hybridized carbons (Fsp3) is 0.800. The second-order valence-corrected chi connectivity index (χ2v) is 8.29. The van der Waals surface area contributed by atoms with E-state index in [-0.39, 0.29) is 23.5 Å². The van der Waals surface area contributed by atoms with E-state index in [1.807, 2.05) is 20.8 Å².